The first-order valence-electron chi connectivity index (χ1n) is 6.46. The number of carbonyl (C=O) groups is 1. The molecule has 1 aromatic carbocycles. The molecule has 2 N–H and O–H groups in total. The standard InChI is InChI=1S/C14H19NO4/c15-12-2-1-3-13(8-12)18-10-14(16)19-9-11-4-6-17-7-5-11/h1-3,8,11H,4-7,9-10,15H2. The third-order valence-electron chi connectivity index (χ3n) is 3.04. The molecule has 0 amide bonds. The second-order valence-electron chi connectivity index (χ2n) is 4.60. The molecule has 0 saturated carbocycles. The van der Waals surface area contributed by atoms with Crippen LogP contribution in [0.3, 0.4) is 0 Å². The molecule has 1 aliphatic heterocycles. The Kier molecular flexibility index (Phi) is 5.03. The van der Waals surface area contributed by atoms with Crippen molar-refractivity contribution in [1.29, 1.82) is 0 Å². The minimum Gasteiger partial charge on any atom is -0.482 e. The fourth-order valence-electron chi connectivity index (χ4n) is 1.91. The minimum atomic E-state index is -0.353. The summed E-state index contributed by atoms with van der Waals surface area (Å²) in [6.07, 6.45) is 1.90. The van der Waals surface area contributed by atoms with E-state index in [0.717, 1.165) is 26.1 Å². The third kappa shape index (κ3) is 4.79. The van der Waals surface area contributed by atoms with E-state index in [1.54, 1.807) is 24.3 Å². The molecular weight excluding hydrogens is 246 g/mol. The van der Waals surface area contributed by atoms with Gasteiger partial charge in [-0.2, -0.15) is 0 Å². The van der Waals surface area contributed by atoms with E-state index < -0.39 is 0 Å². The van der Waals surface area contributed by atoms with E-state index in [4.69, 9.17) is 19.9 Å². The maximum atomic E-state index is 11.5. The largest absolute Gasteiger partial charge is 0.482 e. The van der Waals surface area contributed by atoms with Crippen LogP contribution in [0.4, 0.5) is 5.69 Å². The number of hydrogen-bond donors (Lipinski definition) is 1. The summed E-state index contributed by atoms with van der Waals surface area (Å²) in [7, 11) is 0. The van der Waals surface area contributed by atoms with Crippen molar-refractivity contribution in [3.8, 4) is 5.75 Å². The van der Waals surface area contributed by atoms with Gasteiger partial charge < -0.3 is 19.9 Å². The zero-order valence-corrected chi connectivity index (χ0v) is 10.8. The smallest absolute Gasteiger partial charge is 0.344 e. The highest BCUT2D eigenvalue weighted by atomic mass is 16.6. The Bertz CT molecular complexity index is 416. The number of carbonyl (C=O) groups excluding carboxylic acids is 1. The molecule has 1 aliphatic rings. The molecule has 1 saturated heterocycles. The van der Waals surface area contributed by atoms with Gasteiger partial charge >= 0.3 is 5.97 Å². The van der Waals surface area contributed by atoms with Crippen LogP contribution in [0.5, 0.6) is 5.75 Å². The predicted octanol–water partition coefficient (Wildman–Crippen LogP) is 1.62. The molecule has 2 rings (SSSR count). The summed E-state index contributed by atoms with van der Waals surface area (Å²) in [5, 5.41) is 0. The Labute approximate surface area is 112 Å². The maximum absolute atomic E-state index is 11.5. The van der Waals surface area contributed by atoms with E-state index in [1.807, 2.05) is 0 Å². The second-order valence-corrected chi connectivity index (χ2v) is 4.60. The molecule has 0 aromatic heterocycles. The van der Waals surface area contributed by atoms with Gasteiger partial charge in [-0.3, -0.25) is 0 Å². The SMILES string of the molecule is Nc1cccc(OCC(=O)OCC2CCOCC2)c1. The van der Waals surface area contributed by atoms with E-state index in [-0.39, 0.29) is 12.6 Å². The van der Waals surface area contributed by atoms with Gasteiger partial charge in [0, 0.05) is 25.0 Å². The van der Waals surface area contributed by atoms with Crippen LogP contribution in [0.15, 0.2) is 24.3 Å². The minimum absolute atomic E-state index is 0.0906. The summed E-state index contributed by atoms with van der Waals surface area (Å²) >= 11 is 0. The molecular formula is C14H19NO4. The Morgan fingerprint density at radius 1 is 1.37 bits per heavy atom. The molecule has 1 heterocycles. The summed E-state index contributed by atoms with van der Waals surface area (Å²) in [5.41, 5.74) is 6.22. The first-order valence-corrected chi connectivity index (χ1v) is 6.46. The lowest BCUT2D eigenvalue weighted by Crippen LogP contribution is -2.24. The van der Waals surface area contributed by atoms with Crippen LogP contribution < -0.4 is 10.5 Å². The number of anilines is 1. The summed E-state index contributed by atoms with van der Waals surface area (Å²) < 4.78 is 15.7. The summed E-state index contributed by atoms with van der Waals surface area (Å²) in [4.78, 5) is 11.5. The van der Waals surface area contributed by atoms with Gasteiger partial charge in [-0.05, 0) is 30.9 Å². The number of hydrogen-bond acceptors (Lipinski definition) is 5. The van der Waals surface area contributed by atoms with Crippen molar-refractivity contribution in [3.63, 3.8) is 0 Å². The van der Waals surface area contributed by atoms with Crippen molar-refractivity contribution in [2.75, 3.05) is 32.2 Å². The lowest BCUT2D eigenvalue weighted by molar-refractivity contribution is -0.148. The highest BCUT2D eigenvalue weighted by Crippen LogP contribution is 2.16. The monoisotopic (exact) mass is 265 g/mol. The van der Waals surface area contributed by atoms with Crippen LogP contribution in [-0.4, -0.2) is 32.4 Å². The van der Waals surface area contributed by atoms with Crippen molar-refractivity contribution in [3.05, 3.63) is 24.3 Å². The first-order chi connectivity index (χ1) is 9.24. The maximum Gasteiger partial charge on any atom is 0.344 e. The van der Waals surface area contributed by atoms with E-state index in [1.165, 1.54) is 0 Å². The average Bonchev–Trinajstić information content (AvgIpc) is 2.44. The second kappa shape index (κ2) is 6.99. The third-order valence-corrected chi connectivity index (χ3v) is 3.04. The Morgan fingerprint density at radius 2 is 2.16 bits per heavy atom. The summed E-state index contributed by atoms with van der Waals surface area (Å²) in [6, 6.07) is 6.96. The number of nitrogen functional groups attached to an aromatic ring is 1. The highest BCUT2D eigenvalue weighted by Gasteiger charge is 2.16. The molecule has 5 heteroatoms. The molecule has 0 unspecified atom stereocenters. The fraction of sp³-hybridized carbons (Fsp3) is 0.500. The van der Waals surface area contributed by atoms with Gasteiger partial charge in [-0.15, -0.1) is 0 Å². The number of ether oxygens (including phenoxy) is 3. The normalized spacial score (nSPS) is 16.0. The van der Waals surface area contributed by atoms with Crippen LogP contribution in [-0.2, 0) is 14.3 Å². The Morgan fingerprint density at radius 3 is 2.89 bits per heavy atom. The Balaban J connectivity index is 1.66. The van der Waals surface area contributed by atoms with Gasteiger partial charge in [0.2, 0.25) is 0 Å². The van der Waals surface area contributed by atoms with Crippen LogP contribution in [0.25, 0.3) is 0 Å². The molecule has 0 radical (unpaired) electrons. The van der Waals surface area contributed by atoms with Gasteiger partial charge in [0.15, 0.2) is 6.61 Å². The van der Waals surface area contributed by atoms with Crippen molar-refractivity contribution >= 4 is 11.7 Å². The van der Waals surface area contributed by atoms with Gasteiger partial charge in [-0.25, -0.2) is 4.79 Å². The summed E-state index contributed by atoms with van der Waals surface area (Å²) in [6.45, 7) is 1.86. The first kappa shape index (κ1) is 13.7. The highest BCUT2D eigenvalue weighted by molar-refractivity contribution is 5.71. The van der Waals surface area contributed by atoms with Gasteiger partial charge in [-0.1, -0.05) is 6.07 Å². The van der Waals surface area contributed by atoms with Crippen LogP contribution >= 0.6 is 0 Å². The molecule has 19 heavy (non-hydrogen) atoms. The molecule has 0 bridgehead atoms. The molecule has 1 aromatic rings. The lowest BCUT2D eigenvalue weighted by atomic mass is 10.0. The van der Waals surface area contributed by atoms with Crippen LogP contribution in [0, 0.1) is 5.92 Å². The van der Waals surface area contributed by atoms with Gasteiger partial charge in [0.05, 0.1) is 6.61 Å². The number of benzene rings is 1. The molecule has 1 fully saturated rings. The zero-order chi connectivity index (χ0) is 13.5. The summed E-state index contributed by atoms with van der Waals surface area (Å²) in [5.74, 6) is 0.627. The molecule has 0 spiro atoms. The zero-order valence-electron chi connectivity index (χ0n) is 10.8. The average molecular weight is 265 g/mol. The number of rotatable bonds is 5. The van der Waals surface area contributed by atoms with E-state index in [0.29, 0.717) is 24.0 Å². The lowest BCUT2D eigenvalue weighted by Gasteiger charge is -2.21. The molecule has 104 valence electrons. The van der Waals surface area contributed by atoms with Crippen molar-refractivity contribution in [1.82, 2.24) is 0 Å². The van der Waals surface area contributed by atoms with Gasteiger partial charge in [0.25, 0.3) is 0 Å². The van der Waals surface area contributed by atoms with Crippen LogP contribution in [0.1, 0.15) is 12.8 Å². The molecule has 0 atom stereocenters. The van der Waals surface area contributed by atoms with E-state index in [2.05, 4.69) is 0 Å². The fourth-order valence-corrected chi connectivity index (χ4v) is 1.91. The van der Waals surface area contributed by atoms with Crippen molar-refractivity contribution in [2.45, 2.75) is 12.8 Å². The van der Waals surface area contributed by atoms with Crippen molar-refractivity contribution in [2.24, 2.45) is 5.92 Å². The van der Waals surface area contributed by atoms with E-state index >= 15 is 0 Å². The van der Waals surface area contributed by atoms with E-state index in [9.17, 15) is 4.79 Å². The quantitative estimate of drug-likeness (QED) is 0.647. The number of nitrogens with two attached hydrogens (primary N) is 1. The topological polar surface area (TPSA) is 70.8 Å². The Hall–Kier alpha value is -1.75. The molecule has 5 nitrogen and oxygen atoms in total. The van der Waals surface area contributed by atoms with Crippen molar-refractivity contribution < 1.29 is 19.0 Å². The van der Waals surface area contributed by atoms with Gasteiger partial charge in [0.1, 0.15) is 5.75 Å². The number of esters is 1. The molecule has 0 aliphatic carbocycles. The predicted molar refractivity (Wildman–Crippen MR) is 70.9 cm³/mol. The van der Waals surface area contributed by atoms with Crippen LogP contribution in [0.2, 0.25) is 0 Å².